The topological polar surface area (TPSA) is 176 Å². The maximum atomic E-state index is 12.7. The van der Waals surface area contributed by atoms with Crippen LogP contribution in [0.5, 0.6) is 0 Å². The predicted octanol–water partition coefficient (Wildman–Crippen LogP) is 3.04. The van der Waals surface area contributed by atoms with Crippen LogP contribution in [0.15, 0.2) is 47.4 Å². The van der Waals surface area contributed by atoms with Crippen LogP contribution in [0.2, 0.25) is 0 Å². The molecule has 1 fully saturated rings. The van der Waals surface area contributed by atoms with Crippen molar-refractivity contribution in [1.82, 2.24) is 5.32 Å². The van der Waals surface area contributed by atoms with Crippen molar-refractivity contribution >= 4 is 40.2 Å². The third-order valence-electron chi connectivity index (χ3n) is 6.25. The first-order valence-electron chi connectivity index (χ1n) is 11.3. The Balaban J connectivity index is 1.60. The summed E-state index contributed by atoms with van der Waals surface area (Å²) in [6.45, 7) is 1.69. The number of carboxylic acid groups (broad SMARTS) is 2. The molecule has 0 aromatic heterocycles. The number of amides is 1. The van der Waals surface area contributed by atoms with Crippen molar-refractivity contribution in [3.63, 3.8) is 0 Å². The molecule has 1 saturated carbocycles. The molecule has 3 rings (SSSR count). The second kappa shape index (κ2) is 11.8. The maximum absolute atomic E-state index is 12.7. The van der Waals surface area contributed by atoms with E-state index in [4.69, 9.17) is 5.11 Å². The van der Waals surface area contributed by atoms with Gasteiger partial charge in [0.25, 0.3) is 5.69 Å². The molecule has 0 heterocycles. The smallest absolute Gasteiger partial charge is 0.326 e. The molecular formula is C24H27N3O8S. The first kappa shape index (κ1) is 26.8. The molecule has 2 atom stereocenters. The number of nitrogens with zero attached hydrogens (tertiary/aromatic N) is 1. The summed E-state index contributed by atoms with van der Waals surface area (Å²) < 4.78 is 15.5. The minimum atomic E-state index is -1.76. The molecule has 2 aromatic rings. The molecule has 36 heavy (non-hydrogen) atoms. The summed E-state index contributed by atoms with van der Waals surface area (Å²) in [4.78, 5) is 46.1. The number of hydrogen-bond donors (Lipinski definition) is 4. The van der Waals surface area contributed by atoms with Crippen LogP contribution in [0.4, 0.5) is 11.4 Å². The number of carboxylic acids is 2. The van der Waals surface area contributed by atoms with Gasteiger partial charge in [0, 0.05) is 30.2 Å². The Labute approximate surface area is 209 Å². The average Bonchev–Trinajstić information content (AvgIpc) is 2.84. The number of hydrogen-bond acceptors (Lipinski definition) is 6. The van der Waals surface area contributed by atoms with Crippen LogP contribution in [0.1, 0.15) is 36.8 Å². The first-order chi connectivity index (χ1) is 17.0. The van der Waals surface area contributed by atoms with Crippen molar-refractivity contribution in [1.29, 1.82) is 0 Å². The maximum Gasteiger partial charge on any atom is 0.326 e. The zero-order valence-corrected chi connectivity index (χ0v) is 20.3. The van der Waals surface area contributed by atoms with Gasteiger partial charge in [-0.15, -0.1) is 0 Å². The number of carbonyl (C=O) groups is 3. The van der Waals surface area contributed by atoms with Crippen LogP contribution in [-0.4, -0.2) is 43.2 Å². The SMILES string of the molecule is Cc1ccc([N+](=O)[O-])cc1S(=O)Nc1ccc(C[C@H](NC(=O)C2CCC(C(=O)O)CC2)C(=O)O)cc1. The van der Waals surface area contributed by atoms with Crippen LogP contribution in [0.3, 0.4) is 0 Å². The monoisotopic (exact) mass is 517 g/mol. The number of carbonyl (C=O) groups excluding carboxylic acids is 1. The van der Waals surface area contributed by atoms with Gasteiger partial charge in [0.05, 0.1) is 15.7 Å². The highest BCUT2D eigenvalue weighted by Crippen LogP contribution is 2.29. The molecule has 1 aliphatic carbocycles. The van der Waals surface area contributed by atoms with Gasteiger partial charge in [-0.05, 0) is 55.9 Å². The Hall–Kier alpha value is -3.80. The molecule has 11 nitrogen and oxygen atoms in total. The zero-order chi connectivity index (χ0) is 26.4. The third kappa shape index (κ3) is 6.87. The van der Waals surface area contributed by atoms with Crippen LogP contribution in [0.25, 0.3) is 0 Å². The number of nitro benzene ring substituents is 1. The summed E-state index contributed by atoms with van der Waals surface area (Å²) in [5.41, 5.74) is 1.55. The van der Waals surface area contributed by atoms with Crippen molar-refractivity contribution in [3.8, 4) is 0 Å². The summed E-state index contributed by atoms with van der Waals surface area (Å²) in [7, 11) is -1.76. The van der Waals surface area contributed by atoms with Gasteiger partial charge in [-0.3, -0.25) is 19.7 Å². The Morgan fingerprint density at radius 3 is 2.22 bits per heavy atom. The Bertz CT molecular complexity index is 1180. The number of aliphatic carboxylic acids is 2. The van der Waals surface area contributed by atoms with E-state index in [-0.39, 0.29) is 17.0 Å². The number of non-ortho nitro benzene ring substituents is 1. The molecule has 192 valence electrons. The lowest BCUT2D eigenvalue weighted by molar-refractivity contribution is -0.385. The summed E-state index contributed by atoms with van der Waals surface area (Å²) in [5.74, 6) is -3.34. The molecule has 0 spiro atoms. The second-order valence-electron chi connectivity index (χ2n) is 8.76. The lowest BCUT2D eigenvalue weighted by Gasteiger charge is -2.26. The fourth-order valence-corrected chi connectivity index (χ4v) is 5.15. The number of nitro groups is 1. The molecule has 0 radical (unpaired) electrons. The van der Waals surface area contributed by atoms with Crippen molar-refractivity contribution in [3.05, 3.63) is 63.7 Å². The van der Waals surface area contributed by atoms with Gasteiger partial charge in [-0.2, -0.15) is 0 Å². The Morgan fingerprint density at radius 1 is 1.06 bits per heavy atom. The summed E-state index contributed by atoms with van der Waals surface area (Å²) >= 11 is 0. The van der Waals surface area contributed by atoms with Gasteiger partial charge in [-0.1, -0.05) is 18.2 Å². The van der Waals surface area contributed by atoms with Crippen molar-refractivity contribution < 1.29 is 33.7 Å². The standard InChI is InChI=1S/C24H27N3O8S/c1-14-2-11-19(27(33)34)13-21(14)36(35)26-18-9-3-15(4-10-18)12-20(24(31)32)25-22(28)16-5-7-17(8-6-16)23(29)30/h2-4,9-11,13,16-17,20,26H,5-8,12H2,1H3,(H,25,28)(H,29,30)(H,31,32)/t16?,17?,20-,36?/m0/s1. The highest BCUT2D eigenvalue weighted by Gasteiger charge is 2.31. The number of aryl methyl sites for hydroxylation is 1. The highest BCUT2D eigenvalue weighted by molar-refractivity contribution is 7.86. The normalized spacial score (nSPS) is 19.0. The number of benzene rings is 2. The van der Waals surface area contributed by atoms with E-state index in [2.05, 4.69) is 10.0 Å². The largest absolute Gasteiger partial charge is 0.481 e. The Morgan fingerprint density at radius 2 is 1.67 bits per heavy atom. The molecule has 0 aliphatic heterocycles. The molecule has 1 aliphatic rings. The average molecular weight is 518 g/mol. The first-order valence-corrected chi connectivity index (χ1v) is 12.5. The minimum Gasteiger partial charge on any atom is -0.481 e. The van der Waals surface area contributed by atoms with Gasteiger partial charge in [0.1, 0.15) is 6.04 Å². The minimum absolute atomic E-state index is 0.0267. The van der Waals surface area contributed by atoms with Crippen LogP contribution in [-0.2, 0) is 31.8 Å². The van der Waals surface area contributed by atoms with E-state index in [1.54, 1.807) is 31.2 Å². The van der Waals surface area contributed by atoms with E-state index in [1.165, 1.54) is 18.2 Å². The van der Waals surface area contributed by atoms with E-state index < -0.39 is 51.6 Å². The quantitative estimate of drug-likeness (QED) is 0.274. The van der Waals surface area contributed by atoms with Gasteiger partial charge >= 0.3 is 11.9 Å². The number of rotatable bonds is 10. The van der Waals surface area contributed by atoms with E-state index in [0.717, 1.165) is 0 Å². The predicted molar refractivity (Wildman–Crippen MR) is 131 cm³/mol. The fraction of sp³-hybridized carbons (Fsp3) is 0.375. The number of anilines is 1. The molecule has 4 N–H and O–H groups in total. The van der Waals surface area contributed by atoms with Crippen LogP contribution in [0, 0.1) is 28.9 Å². The third-order valence-corrected chi connectivity index (χ3v) is 7.51. The van der Waals surface area contributed by atoms with Crippen molar-refractivity contribution in [2.45, 2.75) is 50.0 Å². The van der Waals surface area contributed by atoms with Gasteiger partial charge < -0.3 is 20.3 Å². The van der Waals surface area contributed by atoms with Gasteiger partial charge in [0.2, 0.25) is 5.91 Å². The molecule has 12 heteroatoms. The van der Waals surface area contributed by atoms with E-state index >= 15 is 0 Å². The lowest BCUT2D eigenvalue weighted by atomic mass is 9.81. The van der Waals surface area contributed by atoms with Crippen LogP contribution >= 0.6 is 0 Å². The summed E-state index contributed by atoms with van der Waals surface area (Å²) in [5, 5.41) is 32.3. The van der Waals surface area contributed by atoms with Gasteiger partial charge in [-0.25, -0.2) is 9.00 Å². The van der Waals surface area contributed by atoms with Crippen molar-refractivity contribution in [2.24, 2.45) is 11.8 Å². The Kier molecular flexibility index (Phi) is 8.75. The summed E-state index contributed by atoms with van der Waals surface area (Å²) in [6.07, 6.45) is 1.60. The molecule has 2 aromatic carbocycles. The molecular weight excluding hydrogens is 490 g/mol. The van der Waals surface area contributed by atoms with E-state index in [1.807, 2.05) is 0 Å². The molecule has 0 bridgehead atoms. The van der Waals surface area contributed by atoms with E-state index in [0.29, 0.717) is 42.5 Å². The fourth-order valence-electron chi connectivity index (χ4n) is 4.10. The number of nitrogens with one attached hydrogen (secondary N) is 2. The molecule has 1 amide bonds. The second-order valence-corrected chi connectivity index (χ2v) is 9.95. The summed E-state index contributed by atoms with van der Waals surface area (Å²) in [6, 6.07) is 9.44. The lowest BCUT2D eigenvalue weighted by Crippen LogP contribution is -2.45. The van der Waals surface area contributed by atoms with Gasteiger partial charge in [0.15, 0.2) is 11.0 Å². The molecule has 0 saturated heterocycles. The highest BCUT2D eigenvalue weighted by atomic mass is 32.2. The zero-order valence-electron chi connectivity index (χ0n) is 19.5. The van der Waals surface area contributed by atoms with Crippen LogP contribution < -0.4 is 10.0 Å². The van der Waals surface area contributed by atoms with E-state index in [9.17, 15) is 33.8 Å². The van der Waals surface area contributed by atoms with Crippen molar-refractivity contribution in [2.75, 3.05) is 4.72 Å². The molecule has 1 unspecified atom stereocenters.